The minimum Gasteiger partial charge on any atom is -0.314 e. The Morgan fingerprint density at radius 1 is 1.19 bits per heavy atom. The summed E-state index contributed by atoms with van der Waals surface area (Å²) in [6.07, 6.45) is 4.11. The second-order valence-electron chi connectivity index (χ2n) is 5.72. The summed E-state index contributed by atoms with van der Waals surface area (Å²) in [6.45, 7) is 14.3. The lowest BCUT2D eigenvalue weighted by Gasteiger charge is -2.35. The number of nitrogens with one attached hydrogen (secondary N) is 1. The smallest absolute Gasteiger partial charge is 0.00104 e. The van der Waals surface area contributed by atoms with Crippen LogP contribution in [0.5, 0.6) is 0 Å². The van der Waals surface area contributed by atoms with Crippen LogP contribution >= 0.6 is 0 Å². The number of likely N-dealkylation sites (tertiary alicyclic amines) is 1. The van der Waals surface area contributed by atoms with Crippen molar-refractivity contribution >= 4 is 0 Å². The third kappa shape index (κ3) is 4.84. The van der Waals surface area contributed by atoms with Crippen molar-refractivity contribution in [3.8, 4) is 0 Å². The molecule has 96 valence electrons. The molecule has 1 aliphatic heterocycles. The van der Waals surface area contributed by atoms with Crippen molar-refractivity contribution in [1.82, 2.24) is 10.2 Å². The molecule has 2 nitrogen and oxygen atoms in total. The van der Waals surface area contributed by atoms with Crippen LogP contribution < -0.4 is 5.32 Å². The Balaban J connectivity index is 2.19. The fourth-order valence-electron chi connectivity index (χ4n) is 2.65. The largest absolute Gasteiger partial charge is 0.314 e. The van der Waals surface area contributed by atoms with Crippen LogP contribution in [0.2, 0.25) is 0 Å². The van der Waals surface area contributed by atoms with Crippen LogP contribution in [0.1, 0.15) is 47.0 Å². The maximum atomic E-state index is 3.57. The Kier molecular flexibility index (Phi) is 6.37. The lowest BCUT2D eigenvalue weighted by molar-refractivity contribution is 0.150. The number of hydrogen-bond donors (Lipinski definition) is 1. The molecule has 0 bridgehead atoms. The van der Waals surface area contributed by atoms with Crippen LogP contribution in [0.3, 0.4) is 0 Å². The molecular formula is C14H30N2. The van der Waals surface area contributed by atoms with Gasteiger partial charge in [0, 0.05) is 6.04 Å². The first-order chi connectivity index (χ1) is 7.63. The molecule has 0 aromatic rings. The second kappa shape index (κ2) is 7.29. The van der Waals surface area contributed by atoms with E-state index in [1.165, 1.54) is 45.4 Å². The standard InChI is InChI=1S/C14H30N2/c1-5-8-16-9-6-14(7-10-16)13(4)11-15-12(2)3/h12-15H,5-11H2,1-4H3/t13-/m0/s1. The number of piperidine rings is 1. The Morgan fingerprint density at radius 2 is 1.81 bits per heavy atom. The number of rotatable bonds is 6. The summed E-state index contributed by atoms with van der Waals surface area (Å²) in [6, 6.07) is 0.627. The van der Waals surface area contributed by atoms with Crippen LogP contribution in [0.25, 0.3) is 0 Å². The van der Waals surface area contributed by atoms with Crippen molar-refractivity contribution in [2.24, 2.45) is 11.8 Å². The van der Waals surface area contributed by atoms with Gasteiger partial charge >= 0.3 is 0 Å². The first-order valence-corrected chi connectivity index (χ1v) is 7.09. The zero-order valence-corrected chi connectivity index (χ0v) is 11.6. The summed E-state index contributed by atoms with van der Waals surface area (Å²) >= 11 is 0. The van der Waals surface area contributed by atoms with Gasteiger partial charge in [-0.3, -0.25) is 0 Å². The maximum Gasteiger partial charge on any atom is 0.00104 e. The third-order valence-electron chi connectivity index (χ3n) is 3.82. The van der Waals surface area contributed by atoms with Crippen LogP contribution in [-0.4, -0.2) is 37.1 Å². The average molecular weight is 226 g/mol. The Labute approximate surface area is 102 Å². The van der Waals surface area contributed by atoms with Gasteiger partial charge in [-0.1, -0.05) is 27.7 Å². The molecule has 0 aromatic carbocycles. The fraction of sp³-hybridized carbons (Fsp3) is 1.00. The van der Waals surface area contributed by atoms with E-state index in [0.717, 1.165) is 11.8 Å². The van der Waals surface area contributed by atoms with Crippen molar-refractivity contribution in [1.29, 1.82) is 0 Å². The summed E-state index contributed by atoms with van der Waals surface area (Å²) < 4.78 is 0. The average Bonchev–Trinajstić information content (AvgIpc) is 2.27. The molecule has 1 heterocycles. The number of hydrogen-bond acceptors (Lipinski definition) is 2. The molecule has 1 atom stereocenters. The Bertz CT molecular complexity index is 172. The van der Waals surface area contributed by atoms with Gasteiger partial charge in [0.25, 0.3) is 0 Å². The highest BCUT2D eigenvalue weighted by Crippen LogP contribution is 2.24. The molecular weight excluding hydrogens is 196 g/mol. The fourth-order valence-corrected chi connectivity index (χ4v) is 2.65. The summed E-state index contributed by atoms with van der Waals surface area (Å²) in [5.74, 6) is 1.78. The normalized spacial score (nSPS) is 21.6. The van der Waals surface area contributed by atoms with E-state index < -0.39 is 0 Å². The van der Waals surface area contributed by atoms with Gasteiger partial charge in [-0.15, -0.1) is 0 Å². The summed E-state index contributed by atoms with van der Waals surface area (Å²) in [5, 5.41) is 3.57. The minimum absolute atomic E-state index is 0.627. The monoisotopic (exact) mass is 226 g/mol. The van der Waals surface area contributed by atoms with Gasteiger partial charge in [0.1, 0.15) is 0 Å². The van der Waals surface area contributed by atoms with Gasteiger partial charge in [0.15, 0.2) is 0 Å². The van der Waals surface area contributed by atoms with Gasteiger partial charge in [0.2, 0.25) is 0 Å². The van der Waals surface area contributed by atoms with Crippen molar-refractivity contribution in [2.75, 3.05) is 26.2 Å². The van der Waals surface area contributed by atoms with Gasteiger partial charge in [-0.2, -0.15) is 0 Å². The molecule has 1 N–H and O–H groups in total. The minimum atomic E-state index is 0.627. The van der Waals surface area contributed by atoms with Gasteiger partial charge in [-0.05, 0) is 57.3 Å². The molecule has 0 spiro atoms. The zero-order chi connectivity index (χ0) is 12.0. The van der Waals surface area contributed by atoms with E-state index in [0.29, 0.717) is 6.04 Å². The Hall–Kier alpha value is -0.0800. The van der Waals surface area contributed by atoms with Crippen molar-refractivity contribution < 1.29 is 0 Å². The van der Waals surface area contributed by atoms with E-state index in [1.807, 2.05) is 0 Å². The van der Waals surface area contributed by atoms with Crippen molar-refractivity contribution in [3.05, 3.63) is 0 Å². The van der Waals surface area contributed by atoms with Crippen molar-refractivity contribution in [3.63, 3.8) is 0 Å². The van der Waals surface area contributed by atoms with E-state index in [-0.39, 0.29) is 0 Å². The molecule has 0 amide bonds. The van der Waals surface area contributed by atoms with E-state index >= 15 is 0 Å². The Morgan fingerprint density at radius 3 is 2.31 bits per heavy atom. The first kappa shape index (κ1) is 14.0. The molecule has 1 aliphatic rings. The predicted octanol–water partition coefficient (Wildman–Crippen LogP) is 2.74. The molecule has 0 radical (unpaired) electrons. The zero-order valence-electron chi connectivity index (χ0n) is 11.6. The molecule has 0 aromatic heterocycles. The van der Waals surface area contributed by atoms with E-state index in [1.54, 1.807) is 0 Å². The lowest BCUT2D eigenvalue weighted by Crippen LogP contribution is -2.39. The van der Waals surface area contributed by atoms with Gasteiger partial charge in [0.05, 0.1) is 0 Å². The molecule has 1 rings (SSSR count). The predicted molar refractivity (Wildman–Crippen MR) is 71.8 cm³/mol. The highest BCUT2D eigenvalue weighted by Gasteiger charge is 2.23. The molecule has 1 saturated heterocycles. The molecule has 16 heavy (non-hydrogen) atoms. The van der Waals surface area contributed by atoms with Crippen LogP contribution in [-0.2, 0) is 0 Å². The topological polar surface area (TPSA) is 15.3 Å². The van der Waals surface area contributed by atoms with Crippen LogP contribution in [0.4, 0.5) is 0 Å². The molecule has 1 fully saturated rings. The quantitative estimate of drug-likeness (QED) is 0.749. The second-order valence-corrected chi connectivity index (χ2v) is 5.72. The van der Waals surface area contributed by atoms with E-state index in [9.17, 15) is 0 Å². The lowest BCUT2D eigenvalue weighted by atomic mass is 9.85. The maximum absolute atomic E-state index is 3.57. The SMILES string of the molecule is CCCN1CCC([C@@H](C)CNC(C)C)CC1. The van der Waals surface area contributed by atoms with Crippen LogP contribution in [0, 0.1) is 11.8 Å². The van der Waals surface area contributed by atoms with Crippen LogP contribution in [0.15, 0.2) is 0 Å². The first-order valence-electron chi connectivity index (χ1n) is 7.09. The highest BCUT2D eigenvalue weighted by atomic mass is 15.1. The summed E-state index contributed by atoms with van der Waals surface area (Å²) in [7, 11) is 0. The molecule has 0 aliphatic carbocycles. The molecule has 0 saturated carbocycles. The summed E-state index contributed by atoms with van der Waals surface area (Å²) in [4.78, 5) is 2.62. The highest BCUT2D eigenvalue weighted by molar-refractivity contribution is 4.77. The molecule has 2 heteroatoms. The summed E-state index contributed by atoms with van der Waals surface area (Å²) in [5.41, 5.74) is 0. The van der Waals surface area contributed by atoms with E-state index in [4.69, 9.17) is 0 Å². The third-order valence-corrected chi connectivity index (χ3v) is 3.82. The van der Waals surface area contributed by atoms with Crippen molar-refractivity contribution in [2.45, 2.75) is 53.0 Å². The number of nitrogens with zero attached hydrogens (tertiary/aromatic N) is 1. The molecule has 0 unspecified atom stereocenters. The van der Waals surface area contributed by atoms with Gasteiger partial charge in [-0.25, -0.2) is 0 Å². The van der Waals surface area contributed by atoms with Gasteiger partial charge < -0.3 is 10.2 Å². The van der Waals surface area contributed by atoms with E-state index in [2.05, 4.69) is 37.9 Å².